The first-order chi connectivity index (χ1) is 16.5. The Labute approximate surface area is 196 Å². The smallest absolute Gasteiger partial charge is 0.336 e. The number of rotatable bonds is 8. The third kappa shape index (κ3) is 7.76. The zero-order valence-corrected chi connectivity index (χ0v) is 18.4. The van der Waals surface area contributed by atoms with Crippen LogP contribution in [0.5, 0.6) is 11.5 Å². The van der Waals surface area contributed by atoms with E-state index in [4.69, 9.17) is 9.47 Å². The van der Waals surface area contributed by atoms with Crippen LogP contribution in [0.4, 0.5) is 5.69 Å². The van der Waals surface area contributed by atoms with E-state index in [1.807, 2.05) is 37.3 Å². The molecule has 0 fully saturated rings. The molecule has 0 aliphatic carbocycles. The quantitative estimate of drug-likeness (QED) is 0.134. The summed E-state index contributed by atoms with van der Waals surface area (Å²) in [5, 5.41) is 6.24. The van der Waals surface area contributed by atoms with Gasteiger partial charge in [-0.25, -0.2) is 10.2 Å². The van der Waals surface area contributed by atoms with Crippen LogP contribution in [0.15, 0.2) is 90.0 Å². The molecule has 3 aromatic carbocycles. The van der Waals surface area contributed by atoms with Gasteiger partial charge in [-0.3, -0.25) is 9.59 Å². The summed E-state index contributed by atoms with van der Waals surface area (Å²) in [6, 6.07) is 22.5. The first-order valence-corrected chi connectivity index (χ1v) is 10.5. The third-order valence-corrected chi connectivity index (χ3v) is 4.32. The van der Waals surface area contributed by atoms with Crippen molar-refractivity contribution in [1.82, 2.24) is 5.43 Å². The standard InChI is InChI=1S/C26H23N3O5/c1-2-33-22-15-11-21(12-16-22)28-25(31)26(32)29-27-18-20-8-13-23(14-9-20)34-24(30)17-10-19-6-4-3-5-7-19/h3-18H,2H2,1H3,(H,28,31)(H,29,32)/b17-10+,27-18-. The Morgan fingerprint density at radius 3 is 2.18 bits per heavy atom. The number of nitrogens with zero attached hydrogens (tertiary/aromatic N) is 1. The van der Waals surface area contributed by atoms with Crippen molar-refractivity contribution in [3.8, 4) is 11.5 Å². The van der Waals surface area contributed by atoms with E-state index >= 15 is 0 Å². The third-order valence-electron chi connectivity index (χ3n) is 4.32. The fourth-order valence-corrected chi connectivity index (χ4v) is 2.71. The second kappa shape index (κ2) is 12.4. The molecule has 34 heavy (non-hydrogen) atoms. The molecular formula is C26H23N3O5. The Morgan fingerprint density at radius 1 is 0.824 bits per heavy atom. The maximum Gasteiger partial charge on any atom is 0.336 e. The molecule has 3 rings (SSSR count). The molecule has 0 aliphatic rings. The number of hydrogen-bond acceptors (Lipinski definition) is 6. The highest BCUT2D eigenvalue weighted by Gasteiger charge is 2.12. The minimum Gasteiger partial charge on any atom is -0.494 e. The topological polar surface area (TPSA) is 106 Å². The predicted octanol–water partition coefficient (Wildman–Crippen LogP) is 3.79. The first kappa shape index (κ1) is 23.9. The van der Waals surface area contributed by atoms with E-state index in [0.29, 0.717) is 29.4 Å². The van der Waals surface area contributed by atoms with Gasteiger partial charge in [-0.05, 0) is 72.7 Å². The lowest BCUT2D eigenvalue weighted by Crippen LogP contribution is -2.32. The molecule has 0 heterocycles. The minimum absolute atomic E-state index is 0.360. The van der Waals surface area contributed by atoms with Crippen molar-refractivity contribution in [3.63, 3.8) is 0 Å². The van der Waals surface area contributed by atoms with Crippen LogP contribution in [-0.4, -0.2) is 30.6 Å². The number of carbonyl (C=O) groups is 3. The van der Waals surface area contributed by atoms with Gasteiger partial charge in [-0.15, -0.1) is 0 Å². The van der Waals surface area contributed by atoms with E-state index in [1.165, 1.54) is 12.3 Å². The van der Waals surface area contributed by atoms with Crippen LogP contribution in [-0.2, 0) is 14.4 Å². The van der Waals surface area contributed by atoms with Crippen LogP contribution in [0.25, 0.3) is 6.08 Å². The van der Waals surface area contributed by atoms with Crippen LogP contribution < -0.4 is 20.2 Å². The van der Waals surface area contributed by atoms with Crippen LogP contribution in [0.2, 0.25) is 0 Å². The van der Waals surface area contributed by atoms with Crippen molar-refractivity contribution in [2.45, 2.75) is 6.92 Å². The Morgan fingerprint density at radius 2 is 1.50 bits per heavy atom. The molecule has 8 nitrogen and oxygen atoms in total. The number of esters is 1. The fourth-order valence-electron chi connectivity index (χ4n) is 2.71. The molecular weight excluding hydrogens is 434 g/mol. The van der Waals surface area contributed by atoms with Gasteiger partial charge in [0.1, 0.15) is 11.5 Å². The van der Waals surface area contributed by atoms with Crippen LogP contribution >= 0.6 is 0 Å². The number of benzene rings is 3. The van der Waals surface area contributed by atoms with Crippen LogP contribution in [0, 0.1) is 0 Å². The van der Waals surface area contributed by atoms with Crippen molar-refractivity contribution in [2.24, 2.45) is 5.10 Å². The molecule has 2 N–H and O–H groups in total. The molecule has 0 radical (unpaired) electrons. The predicted molar refractivity (Wildman–Crippen MR) is 130 cm³/mol. The largest absolute Gasteiger partial charge is 0.494 e. The molecule has 3 aromatic rings. The number of ether oxygens (including phenoxy) is 2. The van der Waals surface area contributed by atoms with Gasteiger partial charge in [0.05, 0.1) is 12.8 Å². The molecule has 0 spiro atoms. The summed E-state index contributed by atoms with van der Waals surface area (Å²) in [6.45, 7) is 2.40. The molecule has 0 bridgehead atoms. The van der Waals surface area contributed by atoms with Gasteiger partial charge in [0.2, 0.25) is 0 Å². The highest BCUT2D eigenvalue weighted by Crippen LogP contribution is 2.15. The van der Waals surface area contributed by atoms with Crippen molar-refractivity contribution in [2.75, 3.05) is 11.9 Å². The second-order valence-corrected chi connectivity index (χ2v) is 6.84. The van der Waals surface area contributed by atoms with E-state index in [2.05, 4.69) is 15.8 Å². The van der Waals surface area contributed by atoms with Gasteiger partial charge >= 0.3 is 17.8 Å². The lowest BCUT2D eigenvalue weighted by Gasteiger charge is -2.06. The molecule has 8 heteroatoms. The van der Waals surface area contributed by atoms with Gasteiger partial charge in [0.25, 0.3) is 0 Å². The zero-order valence-electron chi connectivity index (χ0n) is 18.4. The summed E-state index contributed by atoms with van der Waals surface area (Å²) in [4.78, 5) is 35.8. The van der Waals surface area contributed by atoms with Crippen molar-refractivity contribution >= 4 is 35.8 Å². The summed E-state index contributed by atoms with van der Waals surface area (Å²) < 4.78 is 10.6. The Hall–Kier alpha value is -4.72. The molecule has 172 valence electrons. The highest BCUT2D eigenvalue weighted by molar-refractivity contribution is 6.39. The summed E-state index contributed by atoms with van der Waals surface area (Å²) in [6.07, 6.45) is 4.37. The van der Waals surface area contributed by atoms with E-state index in [0.717, 1.165) is 5.56 Å². The molecule has 0 saturated carbocycles. The van der Waals surface area contributed by atoms with Gasteiger partial charge in [-0.2, -0.15) is 5.10 Å². The number of amides is 2. The second-order valence-electron chi connectivity index (χ2n) is 6.84. The summed E-state index contributed by atoms with van der Waals surface area (Å²) in [5.41, 5.74) is 4.14. The molecule has 0 atom stereocenters. The maximum absolute atomic E-state index is 12.0. The lowest BCUT2D eigenvalue weighted by molar-refractivity contribution is -0.136. The van der Waals surface area contributed by atoms with Crippen molar-refractivity contribution in [1.29, 1.82) is 0 Å². The van der Waals surface area contributed by atoms with E-state index in [-0.39, 0.29) is 0 Å². The Bertz CT molecular complexity index is 1170. The molecule has 2 amide bonds. The average Bonchev–Trinajstić information content (AvgIpc) is 2.86. The van der Waals surface area contributed by atoms with Gasteiger partial charge in [0, 0.05) is 11.8 Å². The van der Waals surface area contributed by atoms with Crippen molar-refractivity contribution < 1.29 is 23.9 Å². The number of anilines is 1. The summed E-state index contributed by atoms with van der Waals surface area (Å²) in [7, 11) is 0. The minimum atomic E-state index is -0.916. The average molecular weight is 457 g/mol. The SMILES string of the molecule is CCOc1ccc(NC(=O)C(=O)N/N=C\c2ccc(OC(=O)/C=C/c3ccccc3)cc2)cc1. The van der Waals surface area contributed by atoms with Crippen molar-refractivity contribution in [3.05, 3.63) is 96.1 Å². The van der Waals surface area contributed by atoms with Gasteiger partial charge in [0.15, 0.2) is 0 Å². The number of carbonyl (C=O) groups excluding carboxylic acids is 3. The molecule has 0 aromatic heterocycles. The normalized spacial score (nSPS) is 10.7. The first-order valence-electron chi connectivity index (χ1n) is 10.5. The van der Waals surface area contributed by atoms with E-state index in [1.54, 1.807) is 54.6 Å². The van der Waals surface area contributed by atoms with E-state index in [9.17, 15) is 14.4 Å². The highest BCUT2D eigenvalue weighted by atomic mass is 16.5. The summed E-state index contributed by atoms with van der Waals surface area (Å²) >= 11 is 0. The molecule has 0 unspecified atom stereocenters. The van der Waals surface area contributed by atoms with E-state index < -0.39 is 17.8 Å². The lowest BCUT2D eigenvalue weighted by atomic mass is 10.2. The van der Waals surface area contributed by atoms with Crippen LogP contribution in [0.3, 0.4) is 0 Å². The van der Waals surface area contributed by atoms with Gasteiger partial charge in [-0.1, -0.05) is 30.3 Å². The number of hydrazone groups is 1. The maximum atomic E-state index is 12.0. The monoisotopic (exact) mass is 457 g/mol. The molecule has 0 aliphatic heterocycles. The van der Waals surface area contributed by atoms with Gasteiger partial charge < -0.3 is 14.8 Å². The zero-order chi connectivity index (χ0) is 24.2. The van der Waals surface area contributed by atoms with Crippen LogP contribution in [0.1, 0.15) is 18.1 Å². The summed E-state index contributed by atoms with van der Waals surface area (Å²) in [5.74, 6) is -1.25. The molecule has 0 saturated heterocycles. The fraction of sp³-hybridized carbons (Fsp3) is 0.0769. The number of nitrogens with one attached hydrogen (secondary N) is 2. The Kier molecular flexibility index (Phi) is 8.69. The Balaban J connectivity index is 1.45. The number of hydrogen-bond donors (Lipinski definition) is 2.